The number of thiophene rings is 1. The largest absolute Gasteiger partial charge is 0.352 e. The lowest BCUT2D eigenvalue weighted by Crippen LogP contribution is -2.38. The highest BCUT2D eigenvalue weighted by Crippen LogP contribution is 2.29. The number of fused-ring (bicyclic) bond motifs is 2. The Labute approximate surface area is 197 Å². The molecule has 5 nitrogen and oxygen atoms in total. The van der Waals surface area contributed by atoms with Gasteiger partial charge in [0.25, 0.3) is 5.91 Å². The minimum Gasteiger partial charge on any atom is -0.352 e. The first kappa shape index (κ1) is 21.8. The van der Waals surface area contributed by atoms with Crippen LogP contribution in [0.15, 0.2) is 54.9 Å². The van der Waals surface area contributed by atoms with E-state index in [1.165, 1.54) is 11.1 Å². The molecule has 1 N–H and O–H groups in total. The van der Waals surface area contributed by atoms with Crippen LogP contribution in [0.3, 0.4) is 0 Å². The van der Waals surface area contributed by atoms with Gasteiger partial charge in [-0.15, -0.1) is 11.3 Å². The van der Waals surface area contributed by atoms with Crippen molar-refractivity contribution in [3.63, 3.8) is 0 Å². The monoisotopic (exact) mass is 459 g/mol. The number of pyridine rings is 1. The molecule has 4 heterocycles. The minimum absolute atomic E-state index is 0.180. The molecule has 0 aliphatic carbocycles. The van der Waals surface area contributed by atoms with E-state index in [1.807, 2.05) is 35.2 Å². The molecular formula is C27H29N3O2S. The summed E-state index contributed by atoms with van der Waals surface area (Å²) in [5, 5.41) is 2.14. The lowest BCUT2D eigenvalue weighted by Gasteiger charge is -2.31. The molecule has 0 spiro atoms. The Morgan fingerprint density at radius 2 is 1.88 bits per heavy atom. The Balaban J connectivity index is 1.01. The molecule has 0 unspecified atom stereocenters. The smallest absolute Gasteiger partial charge is 0.263 e. The Bertz CT molecular complexity index is 1200. The van der Waals surface area contributed by atoms with Crippen molar-refractivity contribution in [2.75, 3.05) is 13.1 Å². The van der Waals surface area contributed by atoms with E-state index < -0.39 is 0 Å². The highest BCUT2D eigenvalue weighted by molar-refractivity contribution is 7.20. The van der Waals surface area contributed by atoms with Gasteiger partial charge in [-0.05, 0) is 54.8 Å². The summed E-state index contributed by atoms with van der Waals surface area (Å²) in [7, 11) is 0. The number of nitrogens with one attached hydrogen (secondary N) is 1. The maximum absolute atomic E-state index is 12.9. The first-order valence-corrected chi connectivity index (χ1v) is 12.7. The molecule has 1 saturated heterocycles. The predicted octanol–water partition coefficient (Wildman–Crippen LogP) is 6.46. The van der Waals surface area contributed by atoms with Crippen LogP contribution >= 0.6 is 11.3 Å². The molecule has 0 saturated carbocycles. The summed E-state index contributed by atoms with van der Waals surface area (Å²) in [4.78, 5) is 35.6. The Morgan fingerprint density at radius 3 is 2.70 bits per heavy atom. The van der Waals surface area contributed by atoms with Crippen molar-refractivity contribution in [1.82, 2.24) is 14.9 Å². The fraction of sp³-hybridized carbons (Fsp3) is 0.370. The van der Waals surface area contributed by atoms with E-state index in [0.717, 1.165) is 66.4 Å². The van der Waals surface area contributed by atoms with Gasteiger partial charge in [0.05, 0.1) is 10.6 Å². The van der Waals surface area contributed by atoms with Crippen LogP contribution in [0, 0.1) is 5.92 Å². The number of carbonyl (C=O) groups excluding carboxylic acids is 2. The van der Waals surface area contributed by atoms with Crippen LogP contribution in [0.5, 0.6) is 0 Å². The number of ketones is 1. The predicted molar refractivity (Wildman–Crippen MR) is 134 cm³/mol. The maximum atomic E-state index is 12.9. The molecule has 1 aliphatic rings. The fourth-order valence-corrected chi connectivity index (χ4v) is 5.85. The number of aromatic amines is 1. The summed E-state index contributed by atoms with van der Waals surface area (Å²) >= 11 is 1.60. The van der Waals surface area contributed by atoms with E-state index in [4.69, 9.17) is 0 Å². The molecule has 170 valence electrons. The van der Waals surface area contributed by atoms with Crippen LogP contribution in [0.1, 0.15) is 65.1 Å². The number of Topliss-reactive ketones (excluding diaryl/α,β-unsaturated/α-hetero) is 1. The number of nitrogens with zero attached hydrogens (tertiary/aromatic N) is 2. The van der Waals surface area contributed by atoms with Crippen molar-refractivity contribution in [2.24, 2.45) is 5.92 Å². The third kappa shape index (κ3) is 5.01. The van der Waals surface area contributed by atoms with Gasteiger partial charge >= 0.3 is 0 Å². The van der Waals surface area contributed by atoms with E-state index in [-0.39, 0.29) is 11.7 Å². The molecule has 6 heteroatoms. The third-order valence-electron chi connectivity index (χ3n) is 6.78. The van der Waals surface area contributed by atoms with Crippen LogP contribution in [-0.4, -0.2) is 39.6 Å². The van der Waals surface area contributed by atoms with Gasteiger partial charge in [0.15, 0.2) is 5.78 Å². The first-order chi connectivity index (χ1) is 16.2. The van der Waals surface area contributed by atoms with Crippen LogP contribution < -0.4 is 0 Å². The number of piperidine rings is 1. The van der Waals surface area contributed by atoms with Gasteiger partial charge < -0.3 is 9.88 Å². The topological polar surface area (TPSA) is 66.1 Å². The molecule has 4 aromatic rings. The van der Waals surface area contributed by atoms with Crippen LogP contribution in [0.25, 0.3) is 21.0 Å². The van der Waals surface area contributed by atoms with E-state index in [0.29, 0.717) is 18.0 Å². The van der Waals surface area contributed by atoms with Gasteiger partial charge in [-0.2, -0.15) is 0 Å². The van der Waals surface area contributed by atoms with Gasteiger partial charge in [-0.25, -0.2) is 0 Å². The van der Waals surface area contributed by atoms with Gasteiger partial charge in [-0.1, -0.05) is 37.5 Å². The molecular weight excluding hydrogens is 430 g/mol. The zero-order valence-electron chi connectivity index (χ0n) is 18.8. The summed E-state index contributed by atoms with van der Waals surface area (Å²) in [6.07, 6.45) is 10.6. The van der Waals surface area contributed by atoms with Crippen molar-refractivity contribution in [3.05, 3.63) is 65.4 Å². The van der Waals surface area contributed by atoms with Crippen molar-refractivity contribution >= 4 is 44.0 Å². The van der Waals surface area contributed by atoms with E-state index in [2.05, 4.69) is 22.1 Å². The van der Waals surface area contributed by atoms with Crippen LogP contribution in [-0.2, 0) is 0 Å². The number of rotatable bonds is 8. The molecule has 0 bridgehead atoms. The molecule has 1 aliphatic heterocycles. The maximum Gasteiger partial charge on any atom is 0.263 e. The fourth-order valence-electron chi connectivity index (χ4n) is 4.82. The van der Waals surface area contributed by atoms with Crippen molar-refractivity contribution in [1.29, 1.82) is 0 Å². The molecule has 0 atom stereocenters. The average Bonchev–Trinajstić information content (AvgIpc) is 3.48. The number of hydrogen-bond donors (Lipinski definition) is 1. The average molecular weight is 460 g/mol. The summed E-state index contributed by atoms with van der Waals surface area (Å²) in [5.41, 5.74) is 1.65. The van der Waals surface area contributed by atoms with Gasteiger partial charge in [0.2, 0.25) is 0 Å². The Kier molecular flexibility index (Phi) is 6.53. The zero-order valence-corrected chi connectivity index (χ0v) is 19.6. The van der Waals surface area contributed by atoms with Gasteiger partial charge in [-0.3, -0.25) is 14.6 Å². The molecule has 1 amide bonds. The lowest BCUT2D eigenvalue weighted by molar-refractivity contribution is 0.0690. The van der Waals surface area contributed by atoms with Gasteiger partial charge in [0, 0.05) is 47.5 Å². The highest BCUT2D eigenvalue weighted by Gasteiger charge is 2.24. The Hall–Kier alpha value is -2.99. The zero-order chi connectivity index (χ0) is 22.6. The minimum atomic E-state index is 0.180. The SMILES string of the molecule is O=C(CCCCCC1CCN(C(=O)c2cc3ccccc3s2)CC1)c1cc2cnccc2[nH]1. The second kappa shape index (κ2) is 9.87. The normalized spacial score (nSPS) is 14.8. The third-order valence-corrected chi connectivity index (χ3v) is 7.88. The summed E-state index contributed by atoms with van der Waals surface area (Å²) in [5.74, 6) is 1.05. The standard InChI is InChI=1S/C27H29N3O2S/c31-24(23-16-21-18-28-13-10-22(21)29-23)8-3-1-2-6-19-11-14-30(15-12-19)27(32)26-17-20-7-4-5-9-25(20)33-26/h4-5,7,9-10,13,16-19,29H,1-3,6,8,11-12,14-15H2. The van der Waals surface area contributed by atoms with E-state index in [9.17, 15) is 9.59 Å². The summed E-state index contributed by atoms with van der Waals surface area (Å²) in [6.45, 7) is 1.71. The number of aromatic nitrogens is 2. The molecule has 3 aromatic heterocycles. The number of unbranched alkanes of at least 4 members (excludes halogenated alkanes) is 2. The van der Waals surface area contributed by atoms with E-state index in [1.54, 1.807) is 23.7 Å². The molecule has 1 aromatic carbocycles. The molecule has 1 fully saturated rings. The highest BCUT2D eigenvalue weighted by atomic mass is 32.1. The lowest BCUT2D eigenvalue weighted by atomic mass is 9.91. The molecule has 0 radical (unpaired) electrons. The second-order valence-electron chi connectivity index (χ2n) is 9.05. The number of carbonyl (C=O) groups is 2. The first-order valence-electron chi connectivity index (χ1n) is 11.9. The second-order valence-corrected chi connectivity index (χ2v) is 10.1. The number of likely N-dealkylation sites (tertiary alicyclic amines) is 1. The molecule has 5 rings (SSSR count). The molecule has 33 heavy (non-hydrogen) atoms. The quantitative estimate of drug-likeness (QED) is 0.243. The van der Waals surface area contributed by atoms with Crippen molar-refractivity contribution in [3.8, 4) is 0 Å². The summed E-state index contributed by atoms with van der Waals surface area (Å²) in [6, 6.07) is 14.0. The van der Waals surface area contributed by atoms with Crippen molar-refractivity contribution in [2.45, 2.75) is 44.9 Å². The van der Waals surface area contributed by atoms with Crippen molar-refractivity contribution < 1.29 is 9.59 Å². The summed E-state index contributed by atoms with van der Waals surface area (Å²) < 4.78 is 1.18. The number of amides is 1. The Morgan fingerprint density at radius 1 is 1.03 bits per heavy atom. The number of H-pyrrole nitrogens is 1. The van der Waals surface area contributed by atoms with Crippen LogP contribution in [0.4, 0.5) is 0 Å². The van der Waals surface area contributed by atoms with Gasteiger partial charge in [0.1, 0.15) is 0 Å². The number of hydrogen-bond acceptors (Lipinski definition) is 4. The number of benzene rings is 1. The van der Waals surface area contributed by atoms with Crippen LogP contribution in [0.2, 0.25) is 0 Å². The van der Waals surface area contributed by atoms with E-state index >= 15 is 0 Å².